The summed E-state index contributed by atoms with van der Waals surface area (Å²) in [5.41, 5.74) is 1.65. The number of carbonyl (C=O) groups excluding carboxylic acids is 1. The van der Waals surface area contributed by atoms with E-state index in [1.807, 2.05) is 36.4 Å². The number of hydrogen-bond donors (Lipinski definition) is 1. The van der Waals surface area contributed by atoms with E-state index in [9.17, 15) is 4.79 Å². The Kier molecular flexibility index (Phi) is 5.67. The van der Waals surface area contributed by atoms with Gasteiger partial charge in [0.1, 0.15) is 5.76 Å². The first-order valence-electron chi connectivity index (χ1n) is 8.41. The van der Waals surface area contributed by atoms with E-state index in [2.05, 4.69) is 10.2 Å². The predicted octanol–water partition coefficient (Wildman–Crippen LogP) is 2.99. The first-order valence-corrected chi connectivity index (χ1v) is 8.41. The number of amides is 1. The van der Waals surface area contributed by atoms with Crippen molar-refractivity contribution in [1.82, 2.24) is 10.2 Å². The van der Waals surface area contributed by atoms with Gasteiger partial charge in [-0.15, -0.1) is 0 Å². The van der Waals surface area contributed by atoms with Crippen molar-refractivity contribution in [2.45, 2.75) is 25.5 Å². The Morgan fingerprint density at radius 3 is 2.83 bits per heavy atom. The molecule has 2 aromatic rings. The van der Waals surface area contributed by atoms with Crippen LogP contribution in [0.1, 0.15) is 40.6 Å². The fourth-order valence-electron chi connectivity index (χ4n) is 3.20. The van der Waals surface area contributed by atoms with Gasteiger partial charge in [0.05, 0.1) is 18.9 Å². The van der Waals surface area contributed by atoms with Crippen LogP contribution in [-0.2, 0) is 11.3 Å². The molecule has 0 bridgehead atoms. The maximum absolute atomic E-state index is 12.5. The first kappa shape index (κ1) is 16.7. The second-order valence-corrected chi connectivity index (χ2v) is 6.12. The summed E-state index contributed by atoms with van der Waals surface area (Å²) in [6.07, 6.45) is 4.09. The molecule has 1 unspecified atom stereocenters. The topological polar surface area (TPSA) is 54.7 Å². The Balaban J connectivity index is 1.65. The summed E-state index contributed by atoms with van der Waals surface area (Å²) in [6.45, 7) is 3.14. The van der Waals surface area contributed by atoms with Crippen molar-refractivity contribution in [3.63, 3.8) is 0 Å². The molecule has 128 valence electrons. The molecule has 1 saturated heterocycles. The van der Waals surface area contributed by atoms with Crippen LogP contribution >= 0.6 is 0 Å². The van der Waals surface area contributed by atoms with E-state index in [0.717, 1.165) is 24.4 Å². The molecule has 5 nitrogen and oxygen atoms in total. The van der Waals surface area contributed by atoms with Crippen LogP contribution in [0.5, 0.6) is 0 Å². The van der Waals surface area contributed by atoms with Crippen molar-refractivity contribution in [3.05, 3.63) is 59.5 Å². The lowest BCUT2D eigenvalue weighted by Crippen LogP contribution is -2.36. The van der Waals surface area contributed by atoms with Gasteiger partial charge in [0, 0.05) is 19.2 Å². The molecule has 5 heteroatoms. The number of methoxy groups -OCH3 is 1. The molecule has 1 atom stereocenters. The number of rotatable bonds is 7. The van der Waals surface area contributed by atoms with Crippen LogP contribution in [0.25, 0.3) is 0 Å². The number of furan rings is 1. The average molecular weight is 328 g/mol. The highest BCUT2D eigenvalue weighted by molar-refractivity contribution is 5.94. The summed E-state index contributed by atoms with van der Waals surface area (Å²) in [5.74, 6) is 0.842. The minimum absolute atomic E-state index is 0.0660. The van der Waals surface area contributed by atoms with Gasteiger partial charge in [0.15, 0.2) is 0 Å². The van der Waals surface area contributed by atoms with Crippen LogP contribution in [0.2, 0.25) is 0 Å². The fourth-order valence-corrected chi connectivity index (χ4v) is 3.20. The van der Waals surface area contributed by atoms with Crippen LogP contribution in [0.4, 0.5) is 0 Å². The second kappa shape index (κ2) is 8.13. The predicted molar refractivity (Wildman–Crippen MR) is 91.7 cm³/mol. The molecule has 0 aliphatic carbocycles. The molecule has 3 rings (SSSR count). The Bertz CT molecular complexity index is 648. The second-order valence-electron chi connectivity index (χ2n) is 6.12. The monoisotopic (exact) mass is 328 g/mol. The molecular weight excluding hydrogens is 304 g/mol. The lowest BCUT2D eigenvalue weighted by Gasteiger charge is -2.26. The summed E-state index contributed by atoms with van der Waals surface area (Å²) in [4.78, 5) is 14.9. The van der Waals surface area contributed by atoms with Gasteiger partial charge in [-0.25, -0.2) is 0 Å². The maximum Gasteiger partial charge on any atom is 0.251 e. The largest absolute Gasteiger partial charge is 0.468 e. The lowest BCUT2D eigenvalue weighted by atomic mass is 10.1. The summed E-state index contributed by atoms with van der Waals surface area (Å²) >= 11 is 0. The summed E-state index contributed by atoms with van der Waals surface area (Å²) in [5, 5.41) is 3.05. The number of ether oxygens (including phenoxy) is 1. The Morgan fingerprint density at radius 1 is 1.29 bits per heavy atom. The molecule has 24 heavy (non-hydrogen) atoms. The number of nitrogens with one attached hydrogen (secondary N) is 1. The fraction of sp³-hybridized carbons (Fsp3) is 0.421. The molecule has 0 spiro atoms. The Hall–Kier alpha value is -2.11. The van der Waals surface area contributed by atoms with Crippen molar-refractivity contribution in [3.8, 4) is 0 Å². The highest BCUT2D eigenvalue weighted by atomic mass is 16.5. The van der Waals surface area contributed by atoms with Crippen LogP contribution in [-0.4, -0.2) is 37.6 Å². The van der Waals surface area contributed by atoms with Gasteiger partial charge >= 0.3 is 0 Å². The first-order chi connectivity index (χ1) is 11.8. The zero-order valence-electron chi connectivity index (χ0n) is 14.0. The third-order valence-electron chi connectivity index (χ3n) is 4.41. The molecule has 1 amide bonds. The normalized spacial score (nSPS) is 16.2. The molecule has 1 aliphatic rings. The van der Waals surface area contributed by atoms with Gasteiger partial charge in [-0.05, 0) is 55.8 Å². The number of benzene rings is 1. The van der Waals surface area contributed by atoms with Gasteiger partial charge in [-0.2, -0.15) is 0 Å². The molecule has 1 fully saturated rings. The van der Waals surface area contributed by atoms with Crippen LogP contribution < -0.4 is 5.32 Å². The van der Waals surface area contributed by atoms with Crippen molar-refractivity contribution < 1.29 is 13.9 Å². The number of hydrogen-bond acceptors (Lipinski definition) is 4. The standard InChI is InChI=1S/C19H24N2O3/c1-23-14-15-6-4-7-16(12-15)19(22)20-13-17(18-8-5-11-24-18)21-9-2-3-10-21/h4-8,11-12,17H,2-3,9-10,13-14H2,1H3,(H,20,22). The van der Waals surface area contributed by atoms with Gasteiger partial charge in [-0.1, -0.05) is 12.1 Å². The highest BCUT2D eigenvalue weighted by Gasteiger charge is 2.26. The van der Waals surface area contributed by atoms with E-state index >= 15 is 0 Å². The van der Waals surface area contributed by atoms with E-state index in [1.54, 1.807) is 13.4 Å². The number of carbonyl (C=O) groups is 1. The zero-order valence-corrected chi connectivity index (χ0v) is 14.0. The summed E-state index contributed by atoms with van der Waals surface area (Å²) in [6, 6.07) is 11.5. The lowest BCUT2D eigenvalue weighted by molar-refractivity contribution is 0.0933. The van der Waals surface area contributed by atoms with E-state index in [-0.39, 0.29) is 11.9 Å². The minimum Gasteiger partial charge on any atom is -0.468 e. The summed E-state index contributed by atoms with van der Waals surface area (Å²) < 4.78 is 10.7. The van der Waals surface area contributed by atoms with Crippen molar-refractivity contribution >= 4 is 5.91 Å². The maximum atomic E-state index is 12.5. The van der Waals surface area contributed by atoms with E-state index in [0.29, 0.717) is 18.7 Å². The summed E-state index contributed by atoms with van der Waals surface area (Å²) in [7, 11) is 1.65. The molecule has 1 aromatic heterocycles. The average Bonchev–Trinajstić information content (AvgIpc) is 3.30. The SMILES string of the molecule is COCc1cccc(C(=O)NCC(c2ccco2)N2CCCC2)c1. The molecule has 1 aromatic carbocycles. The number of nitrogens with zero attached hydrogens (tertiary/aromatic N) is 1. The zero-order chi connectivity index (χ0) is 16.8. The van der Waals surface area contributed by atoms with Gasteiger partial charge in [0.25, 0.3) is 5.91 Å². The molecule has 0 saturated carbocycles. The van der Waals surface area contributed by atoms with Crippen molar-refractivity contribution in [2.24, 2.45) is 0 Å². The van der Waals surface area contributed by atoms with E-state index in [4.69, 9.17) is 9.15 Å². The van der Waals surface area contributed by atoms with Gasteiger partial charge < -0.3 is 14.5 Å². The molecular formula is C19H24N2O3. The molecule has 1 N–H and O–H groups in total. The minimum atomic E-state index is -0.0660. The number of likely N-dealkylation sites (tertiary alicyclic amines) is 1. The van der Waals surface area contributed by atoms with Crippen molar-refractivity contribution in [2.75, 3.05) is 26.7 Å². The Morgan fingerprint density at radius 2 is 2.12 bits per heavy atom. The van der Waals surface area contributed by atoms with E-state index < -0.39 is 0 Å². The Labute approximate surface area is 142 Å². The van der Waals surface area contributed by atoms with Crippen LogP contribution in [0.3, 0.4) is 0 Å². The molecule has 1 aliphatic heterocycles. The van der Waals surface area contributed by atoms with E-state index in [1.165, 1.54) is 12.8 Å². The molecule has 0 radical (unpaired) electrons. The smallest absolute Gasteiger partial charge is 0.251 e. The quantitative estimate of drug-likeness (QED) is 0.849. The van der Waals surface area contributed by atoms with Crippen LogP contribution in [0.15, 0.2) is 47.1 Å². The van der Waals surface area contributed by atoms with Gasteiger partial charge in [-0.3, -0.25) is 9.69 Å². The molecule has 2 heterocycles. The third kappa shape index (κ3) is 4.04. The third-order valence-corrected chi connectivity index (χ3v) is 4.41. The van der Waals surface area contributed by atoms with Gasteiger partial charge in [0.2, 0.25) is 0 Å². The van der Waals surface area contributed by atoms with Crippen molar-refractivity contribution in [1.29, 1.82) is 0 Å². The van der Waals surface area contributed by atoms with Crippen LogP contribution in [0, 0.1) is 0 Å². The highest BCUT2D eigenvalue weighted by Crippen LogP contribution is 2.25.